The number of likely N-dealkylation sites (tertiary alicyclic amines) is 1. The molecule has 0 aromatic heterocycles. The van der Waals surface area contributed by atoms with Crippen LogP contribution < -0.4 is 5.32 Å². The number of nitro groups is 1. The first-order valence-corrected chi connectivity index (χ1v) is 8.66. The summed E-state index contributed by atoms with van der Waals surface area (Å²) in [6, 6.07) is 12.8. The fourth-order valence-corrected chi connectivity index (χ4v) is 2.90. The third-order valence-electron chi connectivity index (χ3n) is 4.30. The molecule has 7 nitrogen and oxygen atoms in total. The summed E-state index contributed by atoms with van der Waals surface area (Å²) in [6.07, 6.45) is 4.96. The monoisotopic (exact) mass is 365 g/mol. The topological polar surface area (TPSA) is 92.5 Å². The molecule has 0 atom stereocenters. The van der Waals surface area contributed by atoms with Crippen LogP contribution in [0.25, 0.3) is 6.08 Å². The maximum atomic E-state index is 12.4. The van der Waals surface area contributed by atoms with Gasteiger partial charge in [-0.3, -0.25) is 19.7 Å². The van der Waals surface area contributed by atoms with Gasteiger partial charge in [0.2, 0.25) is 5.91 Å². The van der Waals surface area contributed by atoms with Crippen LogP contribution in [0.2, 0.25) is 0 Å². The standard InChI is InChI=1S/C20H19N3O4/c24-19(11-8-15-6-9-18(10-7-15)23(26)27)21-17-5-3-4-16(14-17)20(25)22-12-1-2-13-22/h3-11,14H,1-2,12-13H2,(H,21,24)/b11-8+. The molecule has 2 aromatic carbocycles. The lowest BCUT2D eigenvalue weighted by molar-refractivity contribution is -0.384. The van der Waals surface area contributed by atoms with Crippen molar-refractivity contribution >= 4 is 29.3 Å². The molecule has 1 heterocycles. The largest absolute Gasteiger partial charge is 0.339 e. The van der Waals surface area contributed by atoms with Crippen molar-refractivity contribution in [3.63, 3.8) is 0 Å². The maximum Gasteiger partial charge on any atom is 0.269 e. The van der Waals surface area contributed by atoms with Crippen LogP contribution >= 0.6 is 0 Å². The number of nitro benzene ring substituents is 1. The first-order chi connectivity index (χ1) is 13.0. The van der Waals surface area contributed by atoms with Crippen molar-refractivity contribution in [2.75, 3.05) is 18.4 Å². The van der Waals surface area contributed by atoms with E-state index in [9.17, 15) is 19.7 Å². The van der Waals surface area contributed by atoms with Gasteiger partial charge in [0, 0.05) is 42.5 Å². The summed E-state index contributed by atoms with van der Waals surface area (Å²) in [5.41, 5.74) is 1.76. The van der Waals surface area contributed by atoms with Gasteiger partial charge in [-0.05, 0) is 54.8 Å². The van der Waals surface area contributed by atoms with Gasteiger partial charge in [0.25, 0.3) is 11.6 Å². The molecule has 0 aliphatic carbocycles. The Bertz CT molecular complexity index is 884. The molecule has 0 bridgehead atoms. The van der Waals surface area contributed by atoms with E-state index in [2.05, 4.69) is 5.32 Å². The molecule has 1 fully saturated rings. The highest BCUT2D eigenvalue weighted by atomic mass is 16.6. The van der Waals surface area contributed by atoms with E-state index in [0.717, 1.165) is 25.9 Å². The lowest BCUT2D eigenvalue weighted by Crippen LogP contribution is -2.27. The van der Waals surface area contributed by atoms with E-state index in [1.807, 2.05) is 4.90 Å². The highest BCUT2D eigenvalue weighted by molar-refractivity contribution is 6.03. The molecule has 2 amide bonds. The number of hydrogen-bond donors (Lipinski definition) is 1. The van der Waals surface area contributed by atoms with Crippen LogP contribution in [0.15, 0.2) is 54.6 Å². The number of rotatable bonds is 5. The van der Waals surface area contributed by atoms with Crippen molar-refractivity contribution in [3.05, 3.63) is 75.8 Å². The molecule has 7 heteroatoms. The summed E-state index contributed by atoms with van der Waals surface area (Å²) < 4.78 is 0. The van der Waals surface area contributed by atoms with Crippen LogP contribution in [-0.4, -0.2) is 34.7 Å². The van der Waals surface area contributed by atoms with Crippen LogP contribution in [0, 0.1) is 10.1 Å². The van der Waals surface area contributed by atoms with Crippen molar-refractivity contribution in [3.8, 4) is 0 Å². The molecule has 0 saturated carbocycles. The lowest BCUT2D eigenvalue weighted by atomic mass is 10.1. The second-order valence-electron chi connectivity index (χ2n) is 6.25. The average Bonchev–Trinajstić information content (AvgIpc) is 3.21. The molecule has 1 N–H and O–H groups in total. The molecule has 2 aromatic rings. The van der Waals surface area contributed by atoms with Crippen LogP contribution in [0.1, 0.15) is 28.8 Å². The third-order valence-corrected chi connectivity index (χ3v) is 4.30. The first-order valence-electron chi connectivity index (χ1n) is 8.66. The van der Waals surface area contributed by atoms with Crippen molar-refractivity contribution in [1.82, 2.24) is 4.90 Å². The summed E-state index contributed by atoms with van der Waals surface area (Å²) >= 11 is 0. The van der Waals surface area contributed by atoms with Crippen molar-refractivity contribution < 1.29 is 14.5 Å². The minimum Gasteiger partial charge on any atom is -0.339 e. The van der Waals surface area contributed by atoms with Crippen LogP contribution in [-0.2, 0) is 4.79 Å². The minimum atomic E-state index is -0.476. The molecule has 1 aliphatic rings. The summed E-state index contributed by atoms with van der Waals surface area (Å²) in [6.45, 7) is 1.54. The number of carbonyl (C=O) groups excluding carboxylic acids is 2. The normalized spacial score (nSPS) is 13.7. The Morgan fingerprint density at radius 3 is 2.44 bits per heavy atom. The Balaban J connectivity index is 1.62. The van der Waals surface area contributed by atoms with E-state index in [-0.39, 0.29) is 17.5 Å². The Morgan fingerprint density at radius 1 is 1.07 bits per heavy atom. The number of amides is 2. The Labute approximate surface area is 156 Å². The smallest absolute Gasteiger partial charge is 0.269 e. The minimum absolute atomic E-state index is 0.00362. The third kappa shape index (κ3) is 4.78. The number of benzene rings is 2. The first kappa shape index (κ1) is 18.3. The van der Waals surface area contributed by atoms with Gasteiger partial charge < -0.3 is 10.2 Å². The van der Waals surface area contributed by atoms with E-state index in [4.69, 9.17) is 0 Å². The number of anilines is 1. The van der Waals surface area contributed by atoms with Crippen LogP contribution in [0.4, 0.5) is 11.4 Å². The van der Waals surface area contributed by atoms with Gasteiger partial charge in [0.05, 0.1) is 4.92 Å². The average molecular weight is 365 g/mol. The second kappa shape index (κ2) is 8.27. The van der Waals surface area contributed by atoms with E-state index >= 15 is 0 Å². The van der Waals surface area contributed by atoms with E-state index in [1.54, 1.807) is 42.5 Å². The van der Waals surface area contributed by atoms with Crippen molar-refractivity contribution in [2.45, 2.75) is 12.8 Å². The number of hydrogen-bond acceptors (Lipinski definition) is 4. The summed E-state index contributed by atoms with van der Waals surface area (Å²) in [5.74, 6) is -0.371. The van der Waals surface area contributed by atoms with Gasteiger partial charge in [-0.15, -0.1) is 0 Å². The zero-order valence-electron chi connectivity index (χ0n) is 14.6. The summed E-state index contributed by atoms with van der Waals surface area (Å²) in [4.78, 5) is 36.5. The molecule has 0 spiro atoms. The number of carbonyl (C=O) groups is 2. The molecule has 0 radical (unpaired) electrons. The fraction of sp³-hybridized carbons (Fsp3) is 0.200. The predicted octanol–water partition coefficient (Wildman–Crippen LogP) is 3.48. The van der Waals surface area contributed by atoms with Gasteiger partial charge in [-0.25, -0.2) is 0 Å². The molecule has 1 aliphatic heterocycles. The van der Waals surface area contributed by atoms with Crippen LogP contribution in [0.5, 0.6) is 0 Å². The van der Waals surface area contributed by atoms with Crippen molar-refractivity contribution in [1.29, 1.82) is 0 Å². The maximum absolute atomic E-state index is 12.4. The predicted molar refractivity (Wildman–Crippen MR) is 102 cm³/mol. The number of nitrogens with one attached hydrogen (secondary N) is 1. The van der Waals surface area contributed by atoms with Gasteiger partial charge in [-0.2, -0.15) is 0 Å². The fourth-order valence-electron chi connectivity index (χ4n) is 2.90. The molecule has 0 unspecified atom stereocenters. The SMILES string of the molecule is O=C(/C=C/c1ccc([N+](=O)[O-])cc1)Nc1cccc(C(=O)N2CCCC2)c1. The molecular formula is C20H19N3O4. The summed E-state index contributed by atoms with van der Waals surface area (Å²) in [5, 5.41) is 13.4. The molecule has 138 valence electrons. The Morgan fingerprint density at radius 2 is 1.78 bits per heavy atom. The van der Waals surface area contributed by atoms with Gasteiger partial charge in [0.15, 0.2) is 0 Å². The zero-order valence-corrected chi connectivity index (χ0v) is 14.6. The zero-order chi connectivity index (χ0) is 19.2. The van der Waals surface area contributed by atoms with E-state index < -0.39 is 4.92 Å². The van der Waals surface area contributed by atoms with Crippen molar-refractivity contribution in [2.24, 2.45) is 0 Å². The molecular weight excluding hydrogens is 346 g/mol. The molecule has 3 rings (SSSR count). The van der Waals surface area contributed by atoms with E-state index in [0.29, 0.717) is 16.8 Å². The van der Waals surface area contributed by atoms with E-state index in [1.165, 1.54) is 18.2 Å². The number of nitrogens with zero attached hydrogens (tertiary/aromatic N) is 2. The quantitative estimate of drug-likeness (QED) is 0.499. The Kier molecular flexibility index (Phi) is 5.61. The second-order valence-corrected chi connectivity index (χ2v) is 6.25. The van der Waals surface area contributed by atoms with Gasteiger partial charge in [0.1, 0.15) is 0 Å². The van der Waals surface area contributed by atoms with Gasteiger partial charge in [-0.1, -0.05) is 6.07 Å². The van der Waals surface area contributed by atoms with Crippen LogP contribution in [0.3, 0.4) is 0 Å². The highest BCUT2D eigenvalue weighted by Crippen LogP contribution is 2.17. The highest BCUT2D eigenvalue weighted by Gasteiger charge is 2.19. The Hall–Kier alpha value is -3.48. The lowest BCUT2D eigenvalue weighted by Gasteiger charge is -2.15. The molecule has 27 heavy (non-hydrogen) atoms. The number of non-ortho nitro benzene ring substituents is 1. The van der Waals surface area contributed by atoms with Gasteiger partial charge >= 0.3 is 0 Å². The molecule has 1 saturated heterocycles. The summed E-state index contributed by atoms with van der Waals surface area (Å²) in [7, 11) is 0.